The Kier molecular flexibility index (Phi) is 2.80. The molecule has 0 bridgehead atoms. The summed E-state index contributed by atoms with van der Waals surface area (Å²) in [6, 6.07) is 12.0. The molecule has 0 radical (unpaired) electrons. The molecule has 0 amide bonds. The lowest BCUT2D eigenvalue weighted by atomic mass is 10.0. The fraction of sp³-hybridized carbons (Fsp3) is 0.200. The van der Waals surface area contributed by atoms with E-state index in [0.29, 0.717) is 0 Å². The van der Waals surface area contributed by atoms with Crippen LogP contribution in [-0.2, 0) is 0 Å². The first-order chi connectivity index (χ1) is 9.15. The van der Waals surface area contributed by atoms with Crippen molar-refractivity contribution in [3.05, 3.63) is 53.9 Å². The maximum absolute atomic E-state index is 6.07. The predicted molar refractivity (Wildman–Crippen MR) is 75.8 cm³/mol. The SMILES string of the molecule is Cc1cc2nc(-c3ccccc3)c([C@H](C)N)cn2n1. The van der Waals surface area contributed by atoms with Crippen molar-refractivity contribution in [3.8, 4) is 11.3 Å². The standard InChI is InChI=1S/C15H16N4/c1-10-8-14-17-15(12-6-4-3-5-7-12)13(11(2)16)9-19(14)18-10/h3-9,11H,16H2,1-2H3/t11-/m0/s1. The Morgan fingerprint density at radius 3 is 2.63 bits per heavy atom. The maximum atomic E-state index is 6.07. The molecule has 4 nitrogen and oxygen atoms in total. The molecule has 2 N–H and O–H groups in total. The zero-order valence-electron chi connectivity index (χ0n) is 11.0. The van der Waals surface area contributed by atoms with E-state index >= 15 is 0 Å². The number of benzene rings is 1. The lowest BCUT2D eigenvalue weighted by molar-refractivity contribution is 0.788. The molecule has 2 heterocycles. The number of nitrogens with zero attached hydrogens (tertiary/aromatic N) is 3. The summed E-state index contributed by atoms with van der Waals surface area (Å²) in [6.07, 6.45) is 1.97. The van der Waals surface area contributed by atoms with Crippen LogP contribution < -0.4 is 5.73 Å². The average molecular weight is 252 g/mol. The molecule has 1 atom stereocenters. The number of hydrogen-bond donors (Lipinski definition) is 1. The highest BCUT2D eigenvalue weighted by atomic mass is 15.2. The third-order valence-electron chi connectivity index (χ3n) is 3.14. The third-order valence-corrected chi connectivity index (χ3v) is 3.14. The number of hydrogen-bond acceptors (Lipinski definition) is 3. The van der Waals surface area contributed by atoms with Gasteiger partial charge in [-0.25, -0.2) is 9.50 Å². The first-order valence-corrected chi connectivity index (χ1v) is 6.33. The van der Waals surface area contributed by atoms with Gasteiger partial charge in [-0.2, -0.15) is 5.10 Å². The molecular formula is C15H16N4. The first kappa shape index (κ1) is 11.9. The van der Waals surface area contributed by atoms with Crippen LogP contribution in [-0.4, -0.2) is 14.6 Å². The topological polar surface area (TPSA) is 56.2 Å². The van der Waals surface area contributed by atoms with E-state index < -0.39 is 0 Å². The van der Waals surface area contributed by atoms with Gasteiger partial charge < -0.3 is 5.73 Å². The Hall–Kier alpha value is -2.20. The molecule has 19 heavy (non-hydrogen) atoms. The molecular weight excluding hydrogens is 236 g/mol. The summed E-state index contributed by atoms with van der Waals surface area (Å²) in [5.41, 5.74) is 10.9. The molecule has 0 fully saturated rings. The molecule has 4 heteroatoms. The van der Waals surface area contributed by atoms with Crippen molar-refractivity contribution in [2.75, 3.05) is 0 Å². The number of aryl methyl sites for hydroxylation is 1. The van der Waals surface area contributed by atoms with Crippen LogP contribution >= 0.6 is 0 Å². The van der Waals surface area contributed by atoms with Gasteiger partial charge in [-0.05, 0) is 13.8 Å². The summed E-state index contributed by atoms with van der Waals surface area (Å²) in [5, 5.41) is 4.39. The van der Waals surface area contributed by atoms with E-state index in [4.69, 9.17) is 10.7 Å². The summed E-state index contributed by atoms with van der Waals surface area (Å²) in [4.78, 5) is 4.71. The molecule has 1 aromatic carbocycles. The summed E-state index contributed by atoms with van der Waals surface area (Å²) >= 11 is 0. The molecule has 0 aliphatic carbocycles. The lowest BCUT2D eigenvalue weighted by Crippen LogP contribution is -2.10. The van der Waals surface area contributed by atoms with Crippen molar-refractivity contribution in [1.29, 1.82) is 0 Å². The van der Waals surface area contributed by atoms with E-state index in [1.807, 2.05) is 56.4 Å². The fourth-order valence-electron chi connectivity index (χ4n) is 2.21. The summed E-state index contributed by atoms with van der Waals surface area (Å²) < 4.78 is 1.79. The fourth-order valence-corrected chi connectivity index (χ4v) is 2.21. The molecule has 0 spiro atoms. The normalized spacial score (nSPS) is 12.8. The van der Waals surface area contributed by atoms with Gasteiger partial charge in [0.1, 0.15) is 0 Å². The predicted octanol–water partition coefficient (Wildman–Crippen LogP) is 2.72. The van der Waals surface area contributed by atoms with Crippen LogP contribution in [0.25, 0.3) is 16.9 Å². The zero-order chi connectivity index (χ0) is 13.4. The van der Waals surface area contributed by atoms with Crippen LogP contribution in [0.5, 0.6) is 0 Å². The van der Waals surface area contributed by atoms with Crippen LogP contribution in [0.4, 0.5) is 0 Å². The maximum Gasteiger partial charge on any atom is 0.155 e. The monoisotopic (exact) mass is 252 g/mol. The largest absolute Gasteiger partial charge is 0.324 e. The summed E-state index contributed by atoms with van der Waals surface area (Å²) in [7, 11) is 0. The highest BCUT2D eigenvalue weighted by molar-refractivity contribution is 5.65. The highest BCUT2D eigenvalue weighted by Gasteiger charge is 2.13. The Morgan fingerprint density at radius 1 is 1.21 bits per heavy atom. The van der Waals surface area contributed by atoms with E-state index in [9.17, 15) is 0 Å². The van der Waals surface area contributed by atoms with Crippen LogP contribution in [0.2, 0.25) is 0 Å². The van der Waals surface area contributed by atoms with E-state index in [1.165, 1.54) is 0 Å². The van der Waals surface area contributed by atoms with Crippen molar-refractivity contribution < 1.29 is 0 Å². The Bertz CT molecular complexity index is 714. The molecule has 0 aliphatic heterocycles. The van der Waals surface area contributed by atoms with Gasteiger partial charge in [0.2, 0.25) is 0 Å². The molecule has 2 aromatic heterocycles. The number of rotatable bonds is 2. The highest BCUT2D eigenvalue weighted by Crippen LogP contribution is 2.26. The molecule has 96 valence electrons. The van der Waals surface area contributed by atoms with E-state index in [0.717, 1.165) is 28.2 Å². The van der Waals surface area contributed by atoms with Gasteiger partial charge in [0.15, 0.2) is 5.65 Å². The van der Waals surface area contributed by atoms with Crippen molar-refractivity contribution in [2.45, 2.75) is 19.9 Å². The average Bonchev–Trinajstić information content (AvgIpc) is 2.77. The second-order valence-electron chi connectivity index (χ2n) is 4.79. The van der Waals surface area contributed by atoms with E-state index in [2.05, 4.69) is 5.10 Å². The van der Waals surface area contributed by atoms with Gasteiger partial charge in [-0.1, -0.05) is 30.3 Å². The molecule has 3 aromatic rings. The molecule has 0 aliphatic rings. The summed E-state index contributed by atoms with van der Waals surface area (Å²) in [5.74, 6) is 0. The number of aromatic nitrogens is 3. The smallest absolute Gasteiger partial charge is 0.155 e. The van der Waals surface area contributed by atoms with Crippen molar-refractivity contribution >= 4 is 5.65 Å². The molecule has 3 rings (SSSR count). The minimum atomic E-state index is -0.0865. The van der Waals surface area contributed by atoms with Crippen LogP contribution in [0, 0.1) is 6.92 Å². The van der Waals surface area contributed by atoms with Gasteiger partial charge in [0, 0.05) is 29.4 Å². The lowest BCUT2D eigenvalue weighted by Gasteiger charge is -2.12. The van der Waals surface area contributed by atoms with Crippen molar-refractivity contribution in [2.24, 2.45) is 5.73 Å². The molecule has 0 saturated carbocycles. The molecule has 0 unspecified atom stereocenters. The summed E-state index contributed by atoms with van der Waals surface area (Å²) in [6.45, 7) is 3.92. The van der Waals surface area contributed by atoms with Gasteiger partial charge in [0.25, 0.3) is 0 Å². The van der Waals surface area contributed by atoms with E-state index in [1.54, 1.807) is 4.52 Å². The molecule has 0 saturated heterocycles. The van der Waals surface area contributed by atoms with Crippen LogP contribution in [0.1, 0.15) is 24.2 Å². The third kappa shape index (κ3) is 2.11. The van der Waals surface area contributed by atoms with Crippen LogP contribution in [0.15, 0.2) is 42.6 Å². The number of nitrogens with two attached hydrogens (primary N) is 1. The van der Waals surface area contributed by atoms with Crippen LogP contribution in [0.3, 0.4) is 0 Å². The van der Waals surface area contributed by atoms with Gasteiger partial charge in [0.05, 0.1) is 11.4 Å². The first-order valence-electron chi connectivity index (χ1n) is 6.33. The van der Waals surface area contributed by atoms with Gasteiger partial charge in [-0.3, -0.25) is 0 Å². The minimum Gasteiger partial charge on any atom is -0.324 e. The Labute approximate surface area is 111 Å². The van der Waals surface area contributed by atoms with E-state index in [-0.39, 0.29) is 6.04 Å². The van der Waals surface area contributed by atoms with Gasteiger partial charge >= 0.3 is 0 Å². The number of fused-ring (bicyclic) bond motifs is 1. The quantitative estimate of drug-likeness (QED) is 0.763. The second-order valence-corrected chi connectivity index (χ2v) is 4.79. The van der Waals surface area contributed by atoms with Crippen molar-refractivity contribution in [1.82, 2.24) is 14.6 Å². The Morgan fingerprint density at radius 2 is 1.95 bits per heavy atom. The second kappa shape index (κ2) is 4.48. The Balaban J connectivity index is 2.29. The van der Waals surface area contributed by atoms with Crippen molar-refractivity contribution in [3.63, 3.8) is 0 Å². The zero-order valence-corrected chi connectivity index (χ0v) is 11.0. The van der Waals surface area contributed by atoms with Gasteiger partial charge in [-0.15, -0.1) is 0 Å². The minimum absolute atomic E-state index is 0.0865.